The summed E-state index contributed by atoms with van der Waals surface area (Å²) in [5.41, 5.74) is 15.4. The van der Waals surface area contributed by atoms with Gasteiger partial charge < -0.3 is 4.57 Å². The summed E-state index contributed by atoms with van der Waals surface area (Å²) in [4.78, 5) is 21.2. The number of para-hydroxylation sites is 3. The van der Waals surface area contributed by atoms with Gasteiger partial charge in [0.25, 0.3) is 0 Å². The highest BCUT2D eigenvalue weighted by molar-refractivity contribution is 6.24. The van der Waals surface area contributed by atoms with Gasteiger partial charge in [0.05, 0.1) is 39.1 Å². The summed E-state index contributed by atoms with van der Waals surface area (Å²) in [5.74, 6) is 1.74. The third-order valence-electron chi connectivity index (χ3n) is 13.0. The third-order valence-corrected chi connectivity index (χ3v) is 13.0. The fraction of sp³-hybridized carbons (Fsp3) is 0. The lowest BCUT2D eigenvalue weighted by molar-refractivity contribution is 0.953. The zero-order chi connectivity index (χ0) is 45.0. The van der Waals surface area contributed by atoms with Crippen LogP contribution in [0.3, 0.4) is 0 Å². The van der Waals surface area contributed by atoms with Gasteiger partial charge in [0, 0.05) is 49.4 Å². The fourth-order valence-electron chi connectivity index (χ4n) is 9.82. The summed E-state index contributed by atoms with van der Waals surface area (Å²) < 4.78 is 4.71. The van der Waals surface area contributed by atoms with E-state index in [0.29, 0.717) is 17.6 Å². The van der Waals surface area contributed by atoms with Crippen LogP contribution in [0.4, 0.5) is 0 Å². The summed E-state index contributed by atoms with van der Waals surface area (Å²) in [5, 5.41) is 4.50. The van der Waals surface area contributed by atoms with Crippen molar-refractivity contribution in [2.24, 2.45) is 0 Å². The number of fused-ring (bicyclic) bond motifs is 7. The molecule has 0 unspecified atom stereocenters. The van der Waals surface area contributed by atoms with E-state index < -0.39 is 0 Å². The molecule has 4 aromatic heterocycles. The number of rotatable bonds is 8. The minimum Gasteiger partial charge on any atom is -0.307 e. The first kappa shape index (κ1) is 39.1. The average Bonchev–Trinajstić information content (AvgIpc) is 3.95. The Kier molecular flexibility index (Phi) is 9.39. The van der Waals surface area contributed by atoms with Gasteiger partial charge in [-0.05, 0) is 47.0 Å². The largest absolute Gasteiger partial charge is 0.307 e. The first-order chi connectivity index (χ1) is 33.7. The van der Waals surface area contributed by atoms with Crippen LogP contribution in [0.1, 0.15) is 0 Å². The molecule has 0 amide bonds. The van der Waals surface area contributed by atoms with E-state index in [1.54, 1.807) is 0 Å². The minimum absolute atomic E-state index is 0.541. The highest BCUT2D eigenvalue weighted by atomic mass is 15.2. The number of aromatic nitrogens is 6. The first-order valence-corrected chi connectivity index (χ1v) is 22.9. The average molecular weight is 869 g/mol. The quantitative estimate of drug-likeness (QED) is 0.153. The molecule has 9 aromatic carbocycles. The van der Waals surface area contributed by atoms with E-state index in [4.69, 9.17) is 19.9 Å². The molecule has 0 bridgehead atoms. The molecule has 0 atom stereocenters. The zero-order valence-corrected chi connectivity index (χ0v) is 36.8. The standard InChI is InChI=1S/C62H40N6/c1-5-19-41(20-6-1)42-33-35-46(36-34-42)61-64-60(45-25-11-4-12-26-45)65-62(66-61)68-57-32-18-15-29-50(57)52-38-37-51-49-28-14-17-31-56(49)67(58(51)59(52)68)55-30-16-13-27-48(55)47-39-53(43-21-7-2-8-22-43)63-54(40-47)44-23-9-3-10-24-44/h1-40H. The number of pyridine rings is 1. The van der Waals surface area contributed by atoms with E-state index in [-0.39, 0.29) is 0 Å². The maximum atomic E-state index is 5.40. The molecule has 0 aliphatic rings. The highest BCUT2D eigenvalue weighted by Gasteiger charge is 2.25. The van der Waals surface area contributed by atoms with Crippen molar-refractivity contribution >= 4 is 43.6 Å². The molecule has 13 aromatic rings. The lowest BCUT2D eigenvalue weighted by Gasteiger charge is -2.17. The number of hydrogen-bond acceptors (Lipinski definition) is 4. The fourth-order valence-corrected chi connectivity index (χ4v) is 9.82. The van der Waals surface area contributed by atoms with Crippen LogP contribution < -0.4 is 0 Å². The Bertz CT molecular complexity index is 3930. The topological polar surface area (TPSA) is 61.4 Å². The van der Waals surface area contributed by atoms with Gasteiger partial charge in [-0.2, -0.15) is 9.97 Å². The Labute approximate surface area is 392 Å². The number of hydrogen-bond donors (Lipinski definition) is 0. The SMILES string of the molecule is c1ccc(-c2ccc(-c3nc(-c4ccccc4)nc(-n4c5ccccc5c5ccc6c7ccccc7n(-c7ccccc7-c7cc(-c8ccccc8)nc(-c8ccccc8)c7)c6c54)n3)cc2)cc1. The van der Waals surface area contributed by atoms with Crippen molar-refractivity contribution in [2.45, 2.75) is 0 Å². The molecule has 0 saturated carbocycles. The molecule has 13 rings (SSSR count). The molecular weight excluding hydrogens is 829 g/mol. The molecule has 0 N–H and O–H groups in total. The first-order valence-electron chi connectivity index (χ1n) is 22.9. The zero-order valence-electron chi connectivity index (χ0n) is 36.8. The Hall–Kier alpha value is -9.26. The molecule has 4 heterocycles. The Morgan fingerprint density at radius 1 is 0.265 bits per heavy atom. The van der Waals surface area contributed by atoms with Crippen molar-refractivity contribution in [3.05, 3.63) is 243 Å². The molecule has 6 heteroatoms. The normalized spacial score (nSPS) is 11.5. The predicted molar refractivity (Wildman–Crippen MR) is 279 cm³/mol. The second-order valence-electron chi connectivity index (χ2n) is 17.0. The summed E-state index contributed by atoms with van der Waals surface area (Å²) >= 11 is 0. The Balaban J connectivity index is 1.10. The van der Waals surface area contributed by atoms with Crippen LogP contribution in [0.5, 0.6) is 0 Å². The smallest absolute Gasteiger partial charge is 0.238 e. The molecule has 0 saturated heterocycles. The summed E-state index contributed by atoms with van der Waals surface area (Å²) in [6, 6.07) is 85.1. The second kappa shape index (κ2) is 16.3. The van der Waals surface area contributed by atoms with Gasteiger partial charge >= 0.3 is 0 Å². The van der Waals surface area contributed by atoms with Crippen LogP contribution in [0.25, 0.3) is 123 Å². The monoisotopic (exact) mass is 868 g/mol. The second-order valence-corrected chi connectivity index (χ2v) is 17.0. The van der Waals surface area contributed by atoms with Crippen molar-refractivity contribution in [2.75, 3.05) is 0 Å². The number of nitrogens with zero attached hydrogens (tertiary/aromatic N) is 6. The van der Waals surface area contributed by atoms with E-state index >= 15 is 0 Å². The van der Waals surface area contributed by atoms with Crippen molar-refractivity contribution in [1.82, 2.24) is 29.1 Å². The number of benzene rings is 9. The molecule has 0 spiro atoms. The Morgan fingerprint density at radius 2 is 0.676 bits per heavy atom. The maximum Gasteiger partial charge on any atom is 0.238 e. The van der Waals surface area contributed by atoms with Crippen LogP contribution >= 0.6 is 0 Å². The van der Waals surface area contributed by atoms with E-state index in [2.05, 4.69) is 215 Å². The molecule has 68 heavy (non-hydrogen) atoms. The van der Waals surface area contributed by atoms with Gasteiger partial charge in [0.15, 0.2) is 11.6 Å². The van der Waals surface area contributed by atoms with Crippen molar-refractivity contribution in [3.8, 4) is 79.2 Å². The molecule has 0 radical (unpaired) electrons. The van der Waals surface area contributed by atoms with Gasteiger partial charge in [0.2, 0.25) is 5.95 Å². The van der Waals surface area contributed by atoms with Crippen LogP contribution in [0.15, 0.2) is 243 Å². The third kappa shape index (κ3) is 6.66. The van der Waals surface area contributed by atoms with Crippen LogP contribution in [-0.4, -0.2) is 29.1 Å². The molecule has 6 nitrogen and oxygen atoms in total. The van der Waals surface area contributed by atoms with Gasteiger partial charge in [0.1, 0.15) is 0 Å². The summed E-state index contributed by atoms with van der Waals surface area (Å²) in [7, 11) is 0. The van der Waals surface area contributed by atoms with Crippen molar-refractivity contribution in [1.29, 1.82) is 0 Å². The minimum atomic E-state index is 0.541. The summed E-state index contributed by atoms with van der Waals surface area (Å²) in [6.07, 6.45) is 0. The van der Waals surface area contributed by atoms with Gasteiger partial charge in [-0.25, -0.2) is 9.97 Å². The molecule has 0 fully saturated rings. The van der Waals surface area contributed by atoms with E-state index in [0.717, 1.165) is 105 Å². The van der Waals surface area contributed by atoms with Crippen molar-refractivity contribution in [3.63, 3.8) is 0 Å². The highest BCUT2D eigenvalue weighted by Crippen LogP contribution is 2.44. The lowest BCUT2D eigenvalue weighted by atomic mass is 9.98. The lowest BCUT2D eigenvalue weighted by Crippen LogP contribution is -2.07. The Morgan fingerprint density at radius 3 is 1.25 bits per heavy atom. The molecule has 0 aliphatic heterocycles. The van der Waals surface area contributed by atoms with Gasteiger partial charge in [-0.1, -0.05) is 212 Å². The summed E-state index contributed by atoms with van der Waals surface area (Å²) in [6.45, 7) is 0. The van der Waals surface area contributed by atoms with Crippen molar-refractivity contribution < 1.29 is 0 Å². The van der Waals surface area contributed by atoms with E-state index in [1.807, 2.05) is 36.4 Å². The van der Waals surface area contributed by atoms with Gasteiger partial charge in [-0.3, -0.25) is 4.57 Å². The van der Waals surface area contributed by atoms with E-state index in [1.165, 1.54) is 0 Å². The van der Waals surface area contributed by atoms with Crippen LogP contribution in [0.2, 0.25) is 0 Å². The van der Waals surface area contributed by atoms with E-state index in [9.17, 15) is 0 Å². The predicted octanol–water partition coefficient (Wildman–Crippen LogP) is 15.5. The van der Waals surface area contributed by atoms with Gasteiger partial charge in [-0.15, -0.1) is 0 Å². The molecule has 0 aliphatic carbocycles. The van der Waals surface area contributed by atoms with Crippen LogP contribution in [-0.2, 0) is 0 Å². The molecule has 318 valence electrons. The van der Waals surface area contributed by atoms with Crippen LogP contribution in [0, 0.1) is 0 Å². The molecular formula is C62H40N6. The maximum absolute atomic E-state index is 5.40.